The second-order valence-corrected chi connectivity index (χ2v) is 8.07. The van der Waals surface area contributed by atoms with Crippen LogP contribution in [0.3, 0.4) is 0 Å². The van der Waals surface area contributed by atoms with Gasteiger partial charge in [-0.2, -0.15) is 0 Å². The van der Waals surface area contributed by atoms with Gasteiger partial charge < -0.3 is 35.3 Å². The molecule has 1 aliphatic carbocycles. The topological polar surface area (TPSA) is 125 Å². The van der Waals surface area contributed by atoms with Crippen molar-refractivity contribution in [1.82, 2.24) is 0 Å². The molecule has 0 amide bonds. The quantitative estimate of drug-likeness (QED) is 0.311. The Kier molecular flexibility index (Phi) is 9.85. The van der Waals surface area contributed by atoms with E-state index in [1.165, 1.54) is 0 Å². The van der Waals surface area contributed by atoms with Crippen molar-refractivity contribution in [2.75, 3.05) is 18.7 Å². The van der Waals surface area contributed by atoms with E-state index in [4.69, 9.17) is 36.9 Å². The normalized spacial score (nSPS) is 20.8. The smallest absolute Gasteiger partial charge is 0.451 e. The number of hydrogen-bond acceptors (Lipinski definition) is 7. The highest BCUT2D eigenvalue weighted by molar-refractivity contribution is 6.40. The molecular formula is C18H28BCl3N2O6. The number of carboxylic acid groups (broad SMARTS) is 1. The summed E-state index contributed by atoms with van der Waals surface area (Å²) in [7, 11) is 0.552. The van der Waals surface area contributed by atoms with Crippen LogP contribution >= 0.6 is 36.4 Å². The average Bonchev–Trinajstić information content (AvgIpc) is 3.03. The molecule has 1 atom stereocenters. The Balaban J connectivity index is 0.00000225. The first kappa shape index (κ1) is 26.9. The fourth-order valence-corrected chi connectivity index (χ4v) is 4.22. The van der Waals surface area contributed by atoms with E-state index in [-0.39, 0.29) is 49.9 Å². The lowest BCUT2D eigenvalue weighted by molar-refractivity contribution is -0.147. The number of unbranched alkanes of at least 4 members (excludes halogenated alkanes) is 1. The third-order valence-electron chi connectivity index (χ3n) is 5.91. The zero-order valence-corrected chi connectivity index (χ0v) is 19.0. The minimum atomic E-state index is -1.37. The molecule has 8 nitrogen and oxygen atoms in total. The largest absolute Gasteiger partial charge is 0.480 e. The summed E-state index contributed by atoms with van der Waals surface area (Å²) in [6.45, 7) is 0.173. The molecule has 1 heterocycles. The van der Waals surface area contributed by atoms with Crippen molar-refractivity contribution in [3.63, 3.8) is 0 Å². The maximum absolute atomic E-state index is 11.8. The fraction of sp³-hybridized carbons (Fsp3) is 0.611. The predicted molar refractivity (Wildman–Crippen MR) is 120 cm³/mol. The van der Waals surface area contributed by atoms with Crippen LogP contribution in [0.2, 0.25) is 11.3 Å². The van der Waals surface area contributed by atoms with E-state index < -0.39 is 18.6 Å². The molecule has 1 saturated carbocycles. The number of ether oxygens (including phenoxy) is 2. The van der Waals surface area contributed by atoms with E-state index in [1.54, 1.807) is 6.07 Å². The zero-order chi connectivity index (χ0) is 20.5. The molecule has 1 aromatic rings. The summed E-state index contributed by atoms with van der Waals surface area (Å²) in [6.07, 6.45) is 2.87. The highest BCUT2D eigenvalue weighted by Crippen LogP contribution is 2.45. The van der Waals surface area contributed by atoms with Crippen LogP contribution in [0.1, 0.15) is 32.1 Å². The van der Waals surface area contributed by atoms with Gasteiger partial charge in [0, 0.05) is 25.2 Å². The molecule has 1 aliphatic heterocycles. The molecule has 5 N–H and O–H groups in total. The van der Waals surface area contributed by atoms with Crippen LogP contribution in [0.15, 0.2) is 12.1 Å². The molecule has 0 saturated heterocycles. The second-order valence-electron chi connectivity index (χ2n) is 7.66. The van der Waals surface area contributed by atoms with Crippen LogP contribution in [0.5, 0.6) is 11.5 Å². The van der Waals surface area contributed by atoms with Gasteiger partial charge in [0.05, 0.1) is 10.7 Å². The van der Waals surface area contributed by atoms with E-state index in [2.05, 4.69) is 0 Å². The Bertz CT molecular complexity index is 738. The highest BCUT2D eigenvalue weighted by atomic mass is 35.5. The Morgan fingerprint density at radius 1 is 1.27 bits per heavy atom. The van der Waals surface area contributed by atoms with Gasteiger partial charge in [-0.25, -0.2) is 0 Å². The van der Waals surface area contributed by atoms with Crippen LogP contribution in [0.4, 0.5) is 5.69 Å². The van der Waals surface area contributed by atoms with Gasteiger partial charge in [-0.05, 0) is 31.5 Å². The molecule has 30 heavy (non-hydrogen) atoms. The van der Waals surface area contributed by atoms with Crippen molar-refractivity contribution in [1.29, 1.82) is 0 Å². The number of fused-ring (bicyclic) bond motifs is 1. The maximum Gasteiger partial charge on any atom is 0.451 e. The van der Waals surface area contributed by atoms with Crippen LogP contribution in [-0.2, 0) is 4.79 Å². The van der Waals surface area contributed by atoms with Gasteiger partial charge in [-0.3, -0.25) is 4.79 Å². The van der Waals surface area contributed by atoms with E-state index >= 15 is 0 Å². The minimum Gasteiger partial charge on any atom is -0.480 e. The van der Waals surface area contributed by atoms with Crippen LogP contribution in [0.25, 0.3) is 0 Å². The Hall–Kier alpha value is -1.10. The number of carboxylic acids is 1. The molecule has 0 radical (unpaired) electrons. The van der Waals surface area contributed by atoms with E-state index in [1.807, 2.05) is 18.0 Å². The number of halogens is 3. The molecule has 1 aromatic carbocycles. The molecule has 1 fully saturated rings. The first-order valence-corrected chi connectivity index (χ1v) is 9.80. The second kappa shape index (κ2) is 11.0. The minimum absolute atomic E-state index is 0. The summed E-state index contributed by atoms with van der Waals surface area (Å²) < 4.78 is 10.7. The molecule has 0 aromatic heterocycles. The van der Waals surface area contributed by atoms with E-state index in [0.29, 0.717) is 48.6 Å². The van der Waals surface area contributed by atoms with Crippen molar-refractivity contribution in [2.45, 2.75) is 50.0 Å². The zero-order valence-electron chi connectivity index (χ0n) is 16.6. The van der Waals surface area contributed by atoms with Crippen LogP contribution < -0.4 is 20.1 Å². The summed E-state index contributed by atoms with van der Waals surface area (Å²) in [5.74, 6) is 0.105. The molecule has 1 unspecified atom stereocenters. The van der Waals surface area contributed by atoms with Gasteiger partial charge in [0.1, 0.15) is 5.54 Å². The van der Waals surface area contributed by atoms with Gasteiger partial charge >= 0.3 is 13.1 Å². The van der Waals surface area contributed by atoms with E-state index in [0.717, 1.165) is 5.69 Å². The number of anilines is 1. The van der Waals surface area contributed by atoms with Gasteiger partial charge in [0.15, 0.2) is 11.5 Å². The van der Waals surface area contributed by atoms with Crippen molar-refractivity contribution in [2.24, 2.45) is 11.7 Å². The third kappa shape index (κ3) is 5.58. The fourth-order valence-electron chi connectivity index (χ4n) is 3.93. The predicted octanol–water partition coefficient (Wildman–Crippen LogP) is 2.55. The summed E-state index contributed by atoms with van der Waals surface area (Å²) in [4.78, 5) is 13.9. The Morgan fingerprint density at radius 2 is 1.87 bits per heavy atom. The van der Waals surface area contributed by atoms with Crippen molar-refractivity contribution >= 4 is 55.2 Å². The van der Waals surface area contributed by atoms with Crippen molar-refractivity contribution < 1.29 is 29.4 Å². The first-order chi connectivity index (χ1) is 13.2. The lowest BCUT2D eigenvalue weighted by Gasteiger charge is -2.48. The van der Waals surface area contributed by atoms with Gasteiger partial charge in [0.25, 0.3) is 0 Å². The third-order valence-corrected chi connectivity index (χ3v) is 6.22. The molecule has 3 rings (SSSR count). The molecule has 170 valence electrons. The highest BCUT2D eigenvalue weighted by Gasteiger charge is 2.49. The van der Waals surface area contributed by atoms with Gasteiger partial charge in [-0.15, -0.1) is 24.8 Å². The lowest BCUT2D eigenvalue weighted by atomic mass is 9.65. The summed E-state index contributed by atoms with van der Waals surface area (Å²) in [5, 5.41) is 28.1. The summed E-state index contributed by atoms with van der Waals surface area (Å²) in [5.41, 5.74) is 5.76. The molecule has 0 bridgehead atoms. The monoisotopic (exact) mass is 484 g/mol. The number of carbonyl (C=O) groups is 1. The summed E-state index contributed by atoms with van der Waals surface area (Å²) in [6, 6.07) is 3.70. The standard InChI is InChI=1S/C18H26BClN2O6.2ClH/c1-22(14-9-16-15(8-13(14)20)27-10-28-16)12-6-11(7-12)18(21,17(23)24)4-2-3-5-19(25)26;;/h8-9,11-12,25-26H,2-7,10,21H2,1H3,(H,23,24);2*1H/t11-,12+,18?;;. The SMILES string of the molecule is CN(c1cc2c(cc1Cl)OCO2)[C@H]1C[C@@H](C(N)(CCCCB(O)O)C(=O)O)C1.Cl.Cl. The number of benzene rings is 1. The molecule has 12 heteroatoms. The Labute approximate surface area is 193 Å². The average molecular weight is 486 g/mol. The van der Waals surface area contributed by atoms with Crippen molar-refractivity contribution in [3.05, 3.63) is 17.2 Å². The number of hydrogen-bond donors (Lipinski definition) is 4. The van der Waals surface area contributed by atoms with Crippen LogP contribution in [-0.4, -0.2) is 53.7 Å². The molecule has 0 spiro atoms. The van der Waals surface area contributed by atoms with Gasteiger partial charge in [-0.1, -0.05) is 24.4 Å². The number of nitrogens with zero attached hydrogens (tertiary/aromatic N) is 1. The molecule has 2 aliphatic rings. The first-order valence-electron chi connectivity index (χ1n) is 9.42. The van der Waals surface area contributed by atoms with Crippen molar-refractivity contribution in [3.8, 4) is 11.5 Å². The number of rotatable bonds is 9. The summed E-state index contributed by atoms with van der Waals surface area (Å²) >= 11 is 6.38. The van der Waals surface area contributed by atoms with E-state index in [9.17, 15) is 9.90 Å². The number of nitrogens with two attached hydrogens (primary N) is 1. The Morgan fingerprint density at radius 3 is 2.43 bits per heavy atom. The maximum atomic E-state index is 11.8. The van der Waals surface area contributed by atoms with Gasteiger partial charge in [0.2, 0.25) is 6.79 Å². The molecular weight excluding hydrogens is 457 g/mol. The van der Waals surface area contributed by atoms with Crippen LogP contribution in [0, 0.1) is 5.92 Å². The lowest BCUT2D eigenvalue weighted by Crippen LogP contribution is -2.61. The number of aliphatic carboxylic acids is 1.